The summed E-state index contributed by atoms with van der Waals surface area (Å²) >= 11 is 6.11. The molecule has 0 saturated heterocycles. The third-order valence-corrected chi connectivity index (χ3v) is 4.13. The molecular weight excluding hydrogens is 372 g/mol. The van der Waals surface area contributed by atoms with Gasteiger partial charge in [-0.3, -0.25) is 0 Å². The van der Waals surface area contributed by atoms with Gasteiger partial charge >= 0.3 is 5.97 Å². The van der Waals surface area contributed by atoms with E-state index in [1.54, 1.807) is 0 Å². The molecular formula is C19H17ClN2O5. The Morgan fingerprint density at radius 3 is 2.67 bits per heavy atom. The summed E-state index contributed by atoms with van der Waals surface area (Å²) < 4.78 is 20.7. The second-order valence-electron chi connectivity index (χ2n) is 5.60. The van der Waals surface area contributed by atoms with Crippen LogP contribution in [-0.4, -0.2) is 30.3 Å². The SMILES string of the molecule is COc1cc(C(=O)OCc2nc(-c3ccccc3C)no2)cc(Cl)c1OC. The number of methoxy groups -OCH3 is 2. The van der Waals surface area contributed by atoms with Crippen molar-refractivity contribution in [2.24, 2.45) is 0 Å². The van der Waals surface area contributed by atoms with Gasteiger partial charge in [-0.1, -0.05) is 41.0 Å². The number of carbonyl (C=O) groups excluding carboxylic acids is 1. The summed E-state index contributed by atoms with van der Waals surface area (Å²) in [5.41, 5.74) is 2.09. The third-order valence-electron chi connectivity index (χ3n) is 3.85. The van der Waals surface area contributed by atoms with Crippen LogP contribution in [-0.2, 0) is 11.3 Å². The Morgan fingerprint density at radius 1 is 1.19 bits per heavy atom. The van der Waals surface area contributed by atoms with Crippen LogP contribution in [0.4, 0.5) is 0 Å². The first-order valence-corrected chi connectivity index (χ1v) is 8.38. The Hall–Kier alpha value is -3.06. The predicted molar refractivity (Wildman–Crippen MR) is 98.1 cm³/mol. The molecule has 0 amide bonds. The van der Waals surface area contributed by atoms with Gasteiger partial charge in [-0.2, -0.15) is 4.98 Å². The van der Waals surface area contributed by atoms with E-state index in [0.29, 0.717) is 17.3 Å². The minimum atomic E-state index is -0.603. The van der Waals surface area contributed by atoms with Crippen molar-refractivity contribution in [3.05, 3.63) is 58.4 Å². The summed E-state index contributed by atoms with van der Waals surface area (Å²) in [7, 11) is 2.91. The van der Waals surface area contributed by atoms with Crippen LogP contribution in [0.3, 0.4) is 0 Å². The van der Waals surface area contributed by atoms with Gasteiger partial charge < -0.3 is 18.7 Å². The molecule has 1 heterocycles. The molecule has 0 N–H and O–H groups in total. The highest BCUT2D eigenvalue weighted by Crippen LogP contribution is 2.36. The fraction of sp³-hybridized carbons (Fsp3) is 0.211. The van der Waals surface area contributed by atoms with Crippen molar-refractivity contribution in [1.29, 1.82) is 0 Å². The van der Waals surface area contributed by atoms with Gasteiger partial charge in [0.25, 0.3) is 5.89 Å². The van der Waals surface area contributed by atoms with Crippen molar-refractivity contribution in [2.45, 2.75) is 13.5 Å². The molecule has 0 fully saturated rings. The molecule has 7 nitrogen and oxygen atoms in total. The lowest BCUT2D eigenvalue weighted by atomic mass is 10.1. The molecule has 0 radical (unpaired) electrons. The molecule has 0 saturated carbocycles. The van der Waals surface area contributed by atoms with Gasteiger partial charge in [0.05, 0.1) is 24.8 Å². The molecule has 140 valence electrons. The van der Waals surface area contributed by atoms with Crippen LogP contribution in [0.2, 0.25) is 5.02 Å². The van der Waals surface area contributed by atoms with E-state index in [-0.39, 0.29) is 23.1 Å². The van der Waals surface area contributed by atoms with Gasteiger partial charge in [-0.15, -0.1) is 0 Å². The number of aryl methyl sites for hydroxylation is 1. The molecule has 0 bridgehead atoms. The van der Waals surface area contributed by atoms with Gasteiger partial charge in [-0.05, 0) is 24.6 Å². The fourth-order valence-corrected chi connectivity index (χ4v) is 2.78. The summed E-state index contributed by atoms with van der Waals surface area (Å²) in [5, 5.41) is 4.17. The van der Waals surface area contributed by atoms with Crippen LogP contribution >= 0.6 is 11.6 Å². The summed E-state index contributed by atoms with van der Waals surface area (Å²) in [5.74, 6) is 0.696. The van der Waals surface area contributed by atoms with E-state index in [0.717, 1.165) is 11.1 Å². The van der Waals surface area contributed by atoms with Crippen molar-refractivity contribution in [3.8, 4) is 22.9 Å². The number of carbonyl (C=O) groups is 1. The molecule has 0 aliphatic carbocycles. The number of hydrogen-bond acceptors (Lipinski definition) is 7. The van der Waals surface area contributed by atoms with E-state index in [1.807, 2.05) is 31.2 Å². The molecule has 0 aliphatic heterocycles. The monoisotopic (exact) mass is 388 g/mol. The van der Waals surface area contributed by atoms with Crippen molar-refractivity contribution in [1.82, 2.24) is 10.1 Å². The van der Waals surface area contributed by atoms with Crippen molar-refractivity contribution in [3.63, 3.8) is 0 Å². The molecule has 3 aromatic rings. The van der Waals surface area contributed by atoms with Crippen LogP contribution in [0.1, 0.15) is 21.8 Å². The minimum Gasteiger partial charge on any atom is -0.493 e. The Balaban J connectivity index is 1.72. The maximum Gasteiger partial charge on any atom is 0.338 e. The van der Waals surface area contributed by atoms with Crippen LogP contribution in [0, 0.1) is 6.92 Å². The summed E-state index contributed by atoms with van der Waals surface area (Å²) in [4.78, 5) is 16.6. The van der Waals surface area contributed by atoms with Gasteiger partial charge in [0.1, 0.15) is 0 Å². The van der Waals surface area contributed by atoms with Crippen molar-refractivity contribution >= 4 is 17.6 Å². The lowest BCUT2D eigenvalue weighted by molar-refractivity contribution is 0.0429. The number of aromatic nitrogens is 2. The zero-order valence-corrected chi connectivity index (χ0v) is 15.7. The number of hydrogen-bond donors (Lipinski definition) is 0. The lowest BCUT2D eigenvalue weighted by Crippen LogP contribution is -2.06. The second-order valence-corrected chi connectivity index (χ2v) is 6.00. The minimum absolute atomic E-state index is 0.163. The fourth-order valence-electron chi connectivity index (χ4n) is 2.49. The maximum absolute atomic E-state index is 12.3. The number of esters is 1. The predicted octanol–water partition coefficient (Wildman–Crippen LogP) is 4.07. The Bertz CT molecular complexity index is 970. The molecule has 0 unspecified atom stereocenters. The summed E-state index contributed by atoms with van der Waals surface area (Å²) in [6.45, 7) is 1.79. The van der Waals surface area contributed by atoms with E-state index in [2.05, 4.69) is 10.1 Å². The highest BCUT2D eigenvalue weighted by atomic mass is 35.5. The van der Waals surface area contributed by atoms with Crippen LogP contribution in [0.5, 0.6) is 11.5 Å². The van der Waals surface area contributed by atoms with Crippen molar-refractivity contribution < 1.29 is 23.5 Å². The van der Waals surface area contributed by atoms with Gasteiger partial charge in [0.15, 0.2) is 18.1 Å². The van der Waals surface area contributed by atoms with Gasteiger partial charge in [-0.25, -0.2) is 4.79 Å². The molecule has 0 spiro atoms. The standard InChI is InChI=1S/C19H17ClN2O5/c1-11-6-4-5-7-13(11)18-21-16(27-22-18)10-26-19(23)12-8-14(20)17(25-3)15(9-12)24-2/h4-9H,10H2,1-3H3. The molecule has 2 aromatic carbocycles. The average Bonchev–Trinajstić information content (AvgIpc) is 3.14. The maximum atomic E-state index is 12.3. The second kappa shape index (κ2) is 8.09. The van der Waals surface area contributed by atoms with Crippen molar-refractivity contribution in [2.75, 3.05) is 14.2 Å². The number of nitrogens with zero attached hydrogens (tertiary/aromatic N) is 2. The Kier molecular flexibility index (Phi) is 5.61. The molecule has 3 rings (SSSR count). The van der Waals surface area contributed by atoms with E-state index in [1.165, 1.54) is 26.4 Å². The van der Waals surface area contributed by atoms with E-state index in [9.17, 15) is 4.79 Å². The Labute approximate surface area is 160 Å². The van der Waals surface area contributed by atoms with E-state index < -0.39 is 5.97 Å². The lowest BCUT2D eigenvalue weighted by Gasteiger charge is -2.11. The smallest absolute Gasteiger partial charge is 0.338 e. The van der Waals surface area contributed by atoms with Crippen LogP contribution in [0.15, 0.2) is 40.9 Å². The summed E-state index contributed by atoms with van der Waals surface area (Å²) in [6, 6.07) is 10.6. The van der Waals surface area contributed by atoms with Crippen LogP contribution in [0.25, 0.3) is 11.4 Å². The first-order chi connectivity index (χ1) is 13.0. The zero-order valence-electron chi connectivity index (χ0n) is 15.0. The molecule has 0 atom stereocenters. The third kappa shape index (κ3) is 4.03. The summed E-state index contributed by atoms with van der Waals surface area (Å²) in [6.07, 6.45) is 0. The number of rotatable bonds is 6. The van der Waals surface area contributed by atoms with Gasteiger partial charge in [0.2, 0.25) is 5.82 Å². The average molecular weight is 389 g/mol. The number of halogens is 1. The van der Waals surface area contributed by atoms with E-state index >= 15 is 0 Å². The van der Waals surface area contributed by atoms with Crippen LogP contribution < -0.4 is 9.47 Å². The van der Waals surface area contributed by atoms with Gasteiger partial charge in [0, 0.05) is 5.56 Å². The molecule has 0 aliphatic rings. The topological polar surface area (TPSA) is 83.7 Å². The first kappa shape index (κ1) is 18.7. The number of benzene rings is 2. The highest BCUT2D eigenvalue weighted by molar-refractivity contribution is 6.32. The molecule has 8 heteroatoms. The van der Waals surface area contributed by atoms with E-state index in [4.69, 9.17) is 30.3 Å². The number of ether oxygens (including phenoxy) is 3. The highest BCUT2D eigenvalue weighted by Gasteiger charge is 2.18. The molecule has 1 aromatic heterocycles. The normalized spacial score (nSPS) is 10.5. The molecule has 27 heavy (non-hydrogen) atoms. The Morgan fingerprint density at radius 2 is 1.96 bits per heavy atom. The largest absolute Gasteiger partial charge is 0.493 e. The quantitative estimate of drug-likeness (QED) is 0.588. The first-order valence-electron chi connectivity index (χ1n) is 8.00. The zero-order chi connectivity index (χ0) is 19.4.